The van der Waals surface area contributed by atoms with Crippen molar-refractivity contribution in [3.05, 3.63) is 35.9 Å². The first-order chi connectivity index (χ1) is 8.62. The third kappa shape index (κ3) is 3.80. The number of benzene rings is 1. The number of carboxylic acids is 1. The van der Waals surface area contributed by atoms with Crippen LogP contribution in [0.3, 0.4) is 0 Å². The van der Waals surface area contributed by atoms with Crippen LogP contribution in [0.2, 0.25) is 0 Å². The van der Waals surface area contributed by atoms with E-state index in [1.54, 1.807) is 11.9 Å². The van der Waals surface area contributed by atoms with Crippen LogP contribution in [0.1, 0.15) is 17.3 Å². The minimum Gasteiger partial charge on any atom is -0.478 e. The predicted molar refractivity (Wildman–Crippen MR) is 72.9 cm³/mol. The number of carbonyl (C=O) groups is 1. The molecular formula is C12H16N2O4S. The second-order valence-electron chi connectivity index (χ2n) is 4.34. The lowest BCUT2D eigenvalue weighted by Crippen LogP contribution is -2.22. The van der Waals surface area contributed by atoms with Crippen molar-refractivity contribution >= 4 is 21.7 Å². The molecule has 3 N–H and O–H groups in total. The molecule has 6 nitrogen and oxygen atoms in total. The maximum Gasteiger partial charge on any atom is 0.337 e. The molecule has 0 atom stereocenters. The quantitative estimate of drug-likeness (QED) is 0.787. The van der Waals surface area contributed by atoms with Gasteiger partial charge in [0.15, 0.2) is 0 Å². The Morgan fingerprint density at radius 3 is 2.47 bits per heavy atom. The molecule has 0 heterocycles. The van der Waals surface area contributed by atoms with Crippen molar-refractivity contribution < 1.29 is 18.3 Å². The van der Waals surface area contributed by atoms with Gasteiger partial charge in [-0.1, -0.05) is 12.2 Å². The monoisotopic (exact) mass is 284 g/mol. The molecule has 7 heteroatoms. The number of rotatable bonds is 5. The van der Waals surface area contributed by atoms with E-state index < -0.39 is 16.0 Å². The largest absolute Gasteiger partial charge is 0.478 e. The molecule has 19 heavy (non-hydrogen) atoms. The van der Waals surface area contributed by atoms with Crippen LogP contribution in [0.25, 0.3) is 0 Å². The molecule has 0 aliphatic carbocycles. The molecule has 0 unspecified atom stereocenters. The Bertz CT molecular complexity index is 623. The Kier molecular flexibility index (Phi) is 4.33. The summed E-state index contributed by atoms with van der Waals surface area (Å²) < 4.78 is 22.4. The minimum absolute atomic E-state index is 0.115. The second kappa shape index (κ2) is 5.41. The number of likely N-dealkylation sites (N-methyl/N-ethyl adjacent to an activating group) is 1. The van der Waals surface area contributed by atoms with Gasteiger partial charge in [0.25, 0.3) is 0 Å². The van der Waals surface area contributed by atoms with Gasteiger partial charge in [-0.2, -0.15) is 0 Å². The maximum absolute atomic E-state index is 11.2. The normalized spacial score (nSPS) is 11.1. The van der Waals surface area contributed by atoms with Crippen LogP contribution >= 0.6 is 0 Å². The van der Waals surface area contributed by atoms with Gasteiger partial charge in [-0.15, -0.1) is 0 Å². The van der Waals surface area contributed by atoms with Crippen LogP contribution in [0.15, 0.2) is 35.2 Å². The summed E-state index contributed by atoms with van der Waals surface area (Å²) >= 11 is 0. The van der Waals surface area contributed by atoms with Crippen molar-refractivity contribution in [3.63, 3.8) is 0 Å². The van der Waals surface area contributed by atoms with Crippen LogP contribution in [-0.2, 0) is 10.0 Å². The van der Waals surface area contributed by atoms with Crippen molar-refractivity contribution in [2.24, 2.45) is 5.14 Å². The van der Waals surface area contributed by atoms with E-state index in [0.717, 1.165) is 11.6 Å². The number of primary sulfonamides is 1. The van der Waals surface area contributed by atoms with Crippen LogP contribution in [-0.4, -0.2) is 33.1 Å². The van der Waals surface area contributed by atoms with E-state index in [2.05, 4.69) is 6.58 Å². The first-order valence-electron chi connectivity index (χ1n) is 5.38. The molecule has 0 saturated carbocycles. The third-order valence-corrected chi connectivity index (χ3v) is 3.36. The summed E-state index contributed by atoms with van der Waals surface area (Å²) in [6.07, 6.45) is 0. The zero-order valence-corrected chi connectivity index (χ0v) is 11.6. The predicted octanol–water partition coefficient (Wildman–Crippen LogP) is 1.04. The van der Waals surface area contributed by atoms with Crippen molar-refractivity contribution in [1.29, 1.82) is 0 Å². The molecule has 0 bridgehead atoms. The van der Waals surface area contributed by atoms with Crippen LogP contribution in [0.4, 0.5) is 5.69 Å². The Morgan fingerprint density at radius 2 is 2.05 bits per heavy atom. The molecule has 1 aromatic rings. The summed E-state index contributed by atoms with van der Waals surface area (Å²) in [5, 5.41) is 14.1. The molecule has 0 aromatic heterocycles. The SMILES string of the molecule is C=C(C)CN(C)c1ccc(S(N)(=O)=O)cc1C(=O)O. The van der Waals surface area contributed by atoms with Gasteiger partial charge in [0.05, 0.1) is 16.1 Å². The van der Waals surface area contributed by atoms with E-state index in [1.807, 2.05) is 6.92 Å². The van der Waals surface area contributed by atoms with Gasteiger partial charge in [0.2, 0.25) is 10.0 Å². The summed E-state index contributed by atoms with van der Waals surface area (Å²) in [6, 6.07) is 3.76. The van der Waals surface area contributed by atoms with Crippen molar-refractivity contribution in [3.8, 4) is 0 Å². The average molecular weight is 284 g/mol. The van der Waals surface area contributed by atoms with E-state index in [9.17, 15) is 13.2 Å². The molecule has 0 saturated heterocycles. The fourth-order valence-electron chi connectivity index (χ4n) is 1.69. The Morgan fingerprint density at radius 1 is 1.47 bits per heavy atom. The fourth-order valence-corrected chi connectivity index (χ4v) is 2.23. The van der Waals surface area contributed by atoms with Gasteiger partial charge >= 0.3 is 5.97 Å². The van der Waals surface area contributed by atoms with E-state index in [0.29, 0.717) is 12.2 Å². The van der Waals surface area contributed by atoms with E-state index in [-0.39, 0.29) is 10.5 Å². The van der Waals surface area contributed by atoms with Gasteiger partial charge in [-0.05, 0) is 25.1 Å². The number of aromatic carboxylic acids is 1. The summed E-state index contributed by atoms with van der Waals surface area (Å²) in [6.45, 7) is 6.03. The van der Waals surface area contributed by atoms with Gasteiger partial charge in [0.1, 0.15) is 0 Å². The average Bonchev–Trinajstić information content (AvgIpc) is 2.25. The molecule has 0 spiro atoms. The third-order valence-electron chi connectivity index (χ3n) is 2.45. The topological polar surface area (TPSA) is 101 Å². The second-order valence-corrected chi connectivity index (χ2v) is 5.90. The Balaban J connectivity index is 3.34. The minimum atomic E-state index is -3.92. The van der Waals surface area contributed by atoms with Gasteiger partial charge in [-0.25, -0.2) is 18.4 Å². The lowest BCUT2D eigenvalue weighted by Gasteiger charge is -2.21. The molecule has 0 fully saturated rings. The fraction of sp³-hybridized carbons (Fsp3) is 0.250. The molecule has 1 aromatic carbocycles. The maximum atomic E-state index is 11.2. The molecule has 1 rings (SSSR count). The van der Waals surface area contributed by atoms with Gasteiger partial charge in [0, 0.05) is 13.6 Å². The highest BCUT2D eigenvalue weighted by molar-refractivity contribution is 7.89. The first-order valence-corrected chi connectivity index (χ1v) is 6.93. The van der Waals surface area contributed by atoms with Crippen LogP contribution < -0.4 is 10.0 Å². The summed E-state index contributed by atoms with van der Waals surface area (Å²) in [7, 11) is -2.22. The van der Waals surface area contributed by atoms with E-state index >= 15 is 0 Å². The lowest BCUT2D eigenvalue weighted by atomic mass is 10.1. The van der Waals surface area contributed by atoms with E-state index in [4.69, 9.17) is 10.2 Å². The lowest BCUT2D eigenvalue weighted by molar-refractivity contribution is 0.0697. The van der Waals surface area contributed by atoms with Crippen molar-refractivity contribution in [2.75, 3.05) is 18.5 Å². The van der Waals surface area contributed by atoms with Gasteiger partial charge in [-0.3, -0.25) is 0 Å². The number of hydrogen-bond acceptors (Lipinski definition) is 4. The number of anilines is 1. The molecule has 0 radical (unpaired) electrons. The number of sulfonamides is 1. The Hall–Kier alpha value is -1.86. The zero-order valence-electron chi connectivity index (χ0n) is 10.8. The van der Waals surface area contributed by atoms with Gasteiger partial charge < -0.3 is 10.0 Å². The summed E-state index contributed by atoms with van der Waals surface area (Å²) in [5.41, 5.74) is 1.15. The summed E-state index contributed by atoms with van der Waals surface area (Å²) in [5.74, 6) is -1.21. The number of hydrogen-bond donors (Lipinski definition) is 2. The molecular weight excluding hydrogens is 268 g/mol. The highest BCUT2D eigenvalue weighted by Gasteiger charge is 2.18. The number of nitrogens with two attached hydrogens (primary N) is 1. The van der Waals surface area contributed by atoms with Crippen LogP contribution in [0, 0.1) is 0 Å². The van der Waals surface area contributed by atoms with Crippen molar-refractivity contribution in [1.82, 2.24) is 0 Å². The Labute approximate surface area is 112 Å². The molecule has 104 valence electrons. The first kappa shape index (κ1) is 15.2. The zero-order chi connectivity index (χ0) is 14.8. The smallest absolute Gasteiger partial charge is 0.337 e. The highest BCUT2D eigenvalue weighted by Crippen LogP contribution is 2.23. The molecule has 0 amide bonds. The van der Waals surface area contributed by atoms with E-state index in [1.165, 1.54) is 12.1 Å². The number of carboxylic acid groups (broad SMARTS) is 1. The van der Waals surface area contributed by atoms with Crippen LogP contribution in [0.5, 0.6) is 0 Å². The summed E-state index contributed by atoms with van der Waals surface area (Å²) in [4.78, 5) is 12.7. The highest BCUT2D eigenvalue weighted by atomic mass is 32.2. The van der Waals surface area contributed by atoms with Crippen molar-refractivity contribution in [2.45, 2.75) is 11.8 Å². The number of nitrogens with zero attached hydrogens (tertiary/aromatic N) is 1. The molecule has 0 aliphatic heterocycles. The molecule has 0 aliphatic rings. The standard InChI is InChI=1S/C12H16N2O4S/c1-8(2)7-14(3)11-5-4-9(19(13,17)18)6-10(11)12(15)16/h4-6H,1,7H2,2-3H3,(H,15,16)(H2,13,17,18).